The third-order valence-corrected chi connectivity index (χ3v) is 4.66. The first kappa shape index (κ1) is 21.4. The van der Waals surface area contributed by atoms with Crippen LogP contribution in [0.3, 0.4) is 0 Å². The number of aromatic nitrogens is 3. The molecular weight excluding hydrogens is 378 g/mol. The summed E-state index contributed by atoms with van der Waals surface area (Å²) < 4.78 is 5.32. The van der Waals surface area contributed by atoms with Crippen molar-refractivity contribution < 1.29 is 4.42 Å². The molecule has 3 rings (SSSR count). The van der Waals surface area contributed by atoms with Crippen LogP contribution in [0, 0.1) is 6.92 Å². The van der Waals surface area contributed by atoms with E-state index in [2.05, 4.69) is 80.7 Å². The summed E-state index contributed by atoms with van der Waals surface area (Å²) >= 11 is 0. The summed E-state index contributed by atoms with van der Waals surface area (Å²) in [5.74, 6) is 2.83. The molecular formula is C22H31N7O. The molecule has 0 spiro atoms. The number of guanidine groups is 1. The number of hydrogen-bond acceptors (Lipinski definition) is 5. The van der Waals surface area contributed by atoms with Gasteiger partial charge in [-0.3, -0.25) is 10.1 Å². The molecule has 0 saturated carbocycles. The quantitative estimate of drug-likeness (QED) is 0.352. The molecule has 1 aromatic carbocycles. The smallest absolute Gasteiger partial charge is 0.216 e. The summed E-state index contributed by atoms with van der Waals surface area (Å²) in [6.07, 6.45) is 2.29. The third kappa shape index (κ3) is 6.10. The first-order valence-corrected chi connectivity index (χ1v) is 10.5. The maximum absolute atomic E-state index is 5.32. The second-order valence-electron chi connectivity index (χ2n) is 6.94. The van der Waals surface area contributed by atoms with Crippen LogP contribution in [0.5, 0.6) is 0 Å². The van der Waals surface area contributed by atoms with Gasteiger partial charge in [0.2, 0.25) is 5.82 Å². The molecule has 0 fully saturated rings. The number of rotatable bonds is 10. The molecule has 3 aromatic rings. The highest BCUT2D eigenvalue weighted by Crippen LogP contribution is 2.15. The van der Waals surface area contributed by atoms with Crippen LogP contribution in [0.4, 0.5) is 5.69 Å². The first-order valence-electron chi connectivity index (χ1n) is 10.5. The van der Waals surface area contributed by atoms with E-state index in [9.17, 15) is 0 Å². The minimum atomic E-state index is 0.569. The lowest BCUT2D eigenvalue weighted by molar-refractivity contribution is 0.577. The predicted octanol–water partition coefficient (Wildman–Crippen LogP) is 3.00. The van der Waals surface area contributed by atoms with Crippen LogP contribution in [-0.2, 0) is 6.42 Å². The van der Waals surface area contributed by atoms with Gasteiger partial charge >= 0.3 is 0 Å². The Balaban J connectivity index is 1.49. The highest BCUT2D eigenvalue weighted by Gasteiger charge is 2.08. The molecule has 160 valence electrons. The molecule has 0 saturated heterocycles. The van der Waals surface area contributed by atoms with E-state index >= 15 is 0 Å². The Bertz CT molecular complexity index is 917. The molecule has 0 aliphatic heterocycles. The fourth-order valence-corrected chi connectivity index (χ4v) is 3.14. The molecule has 0 aliphatic rings. The SMILES string of the molecule is CCNC(=NCCc1nc(-c2ccco2)n[nH]1)NCCN(CC)c1cccc(C)c1. The molecule has 3 N–H and O–H groups in total. The highest BCUT2D eigenvalue weighted by molar-refractivity contribution is 5.79. The van der Waals surface area contributed by atoms with E-state index in [1.165, 1.54) is 11.3 Å². The van der Waals surface area contributed by atoms with Crippen molar-refractivity contribution in [2.75, 3.05) is 37.6 Å². The third-order valence-electron chi connectivity index (χ3n) is 4.66. The second-order valence-corrected chi connectivity index (χ2v) is 6.94. The molecule has 0 atom stereocenters. The fraction of sp³-hybridized carbons (Fsp3) is 0.409. The average Bonchev–Trinajstić information content (AvgIpc) is 3.43. The molecule has 8 heteroatoms. The van der Waals surface area contributed by atoms with Crippen LogP contribution in [0.25, 0.3) is 11.6 Å². The molecule has 2 aromatic heterocycles. The van der Waals surface area contributed by atoms with Crippen molar-refractivity contribution in [2.45, 2.75) is 27.2 Å². The van der Waals surface area contributed by atoms with Crippen molar-refractivity contribution in [3.63, 3.8) is 0 Å². The Morgan fingerprint density at radius 1 is 1.20 bits per heavy atom. The maximum Gasteiger partial charge on any atom is 0.216 e. The maximum atomic E-state index is 5.32. The summed E-state index contributed by atoms with van der Waals surface area (Å²) in [6.45, 7) is 10.4. The molecule has 0 unspecified atom stereocenters. The molecule has 0 amide bonds. The average molecular weight is 410 g/mol. The largest absolute Gasteiger partial charge is 0.461 e. The molecule has 2 heterocycles. The van der Waals surface area contributed by atoms with E-state index in [4.69, 9.17) is 4.42 Å². The van der Waals surface area contributed by atoms with E-state index in [0.717, 1.165) is 38.0 Å². The molecule has 0 aliphatic carbocycles. The van der Waals surface area contributed by atoms with Gasteiger partial charge in [0.05, 0.1) is 6.26 Å². The number of aromatic amines is 1. The van der Waals surface area contributed by atoms with Crippen LogP contribution < -0.4 is 15.5 Å². The van der Waals surface area contributed by atoms with Crippen molar-refractivity contribution in [2.24, 2.45) is 4.99 Å². The Morgan fingerprint density at radius 2 is 2.10 bits per heavy atom. The number of anilines is 1. The van der Waals surface area contributed by atoms with E-state index in [0.29, 0.717) is 24.6 Å². The zero-order chi connectivity index (χ0) is 21.2. The summed E-state index contributed by atoms with van der Waals surface area (Å²) in [4.78, 5) is 11.5. The number of aryl methyl sites for hydroxylation is 1. The predicted molar refractivity (Wildman–Crippen MR) is 121 cm³/mol. The van der Waals surface area contributed by atoms with Gasteiger partial charge in [-0.15, -0.1) is 0 Å². The summed E-state index contributed by atoms with van der Waals surface area (Å²) in [6, 6.07) is 12.3. The van der Waals surface area contributed by atoms with E-state index < -0.39 is 0 Å². The minimum absolute atomic E-state index is 0.569. The first-order chi connectivity index (χ1) is 14.7. The number of nitrogens with zero attached hydrogens (tertiary/aromatic N) is 4. The monoisotopic (exact) mass is 409 g/mol. The summed E-state index contributed by atoms with van der Waals surface area (Å²) in [5, 5.41) is 13.9. The Kier molecular flexibility index (Phi) is 7.88. The van der Waals surface area contributed by atoms with Crippen molar-refractivity contribution in [1.82, 2.24) is 25.8 Å². The van der Waals surface area contributed by atoms with E-state index in [1.807, 2.05) is 12.1 Å². The van der Waals surface area contributed by atoms with Crippen LogP contribution in [0.1, 0.15) is 25.2 Å². The van der Waals surface area contributed by atoms with E-state index in [-0.39, 0.29) is 0 Å². The Hall–Kier alpha value is -3.29. The van der Waals surface area contributed by atoms with Crippen LogP contribution in [0.15, 0.2) is 52.1 Å². The molecule has 30 heavy (non-hydrogen) atoms. The zero-order valence-electron chi connectivity index (χ0n) is 18.0. The number of likely N-dealkylation sites (N-methyl/N-ethyl adjacent to an activating group) is 1. The van der Waals surface area contributed by atoms with E-state index in [1.54, 1.807) is 6.26 Å². The van der Waals surface area contributed by atoms with Gasteiger partial charge in [-0.25, -0.2) is 4.98 Å². The van der Waals surface area contributed by atoms with Gasteiger partial charge < -0.3 is 20.0 Å². The number of aliphatic imine (C=N–C) groups is 1. The van der Waals surface area contributed by atoms with Crippen LogP contribution in [0.2, 0.25) is 0 Å². The summed E-state index contributed by atoms with van der Waals surface area (Å²) in [7, 11) is 0. The lowest BCUT2D eigenvalue weighted by Crippen LogP contribution is -2.41. The van der Waals surface area contributed by atoms with Gasteiger partial charge in [0.1, 0.15) is 5.82 Å². The lowest BCUT2D eigenvalue weighted by Gasteiger charge is -2.24. The number of nitrogens with one attached hydrogen (secondary N) is 3. The van der Waals surface area contributed by atoms with Crippen LogP contribution >= 0.6 is 0 Å². The Morgan fingerprint density at radius 3 is 2.83 bits per heavy atom. The standard InChI is InChI=1S/C22H31N7O/c1-4-23-22(25-13-14-29(5-2)18-9-6-8-17(3)16-18)24-12-11-20-26-21(28-27-20)19-10-7-15-30-19/h6-10,15-16H,4-5,11-14H2,1-3H3,(H2,23,24,25)(H,26,27,28). The fourth-order valence-electron chi connectivity index (χ4n) is 3.14. The van der Waals surface area contributed by atoms with Crippen molar-refractivity contribution in [1.29, 1.82) is 0 Å². The summed E-state index contributed by atoms with van der Waals surface area (Å²) in [5.41, 5.74) is 2.52. The molecule has 0 bridgehead atoms. The van der Waals surface area contributed by atoms with Gasteiger partial charge in [0, 0.05) is 44.8 Å². The van der Waals surface area contributed by atoms with Gasteiger partial charge in [0.15, 0.2) is 11.7 Å². The van der Waals surface area contributed by atoms with Gasteiger partial charge in [-0.05, 0) is 50.6 Å². The number of hydrogen-bond donors (Lipinski definition) is 3. The van der Waals surface area contributed by atoms with Crippen molar-refractivity contribution >= 4 is 11.6 Å². The molecule has 8 nitrogen and oxygen atoms in total. The number of furan rings is 1. The zero-order valence-corrected chi connectivity index (χ0v) is 18.0. The van der Waals surface area contributed by atoms with Gasteiger partial charge in [0.25, 0.3) is 0 Å². The molecule has 0 radical (unpaired) electrons. The van der Waals surface area contributed by atoms with Gasteiger partial charge in [-0.1, -0.05) is 12.1 Å². The number of H-pyrrole nitrogens is 1. The second kappa shape index (κ2) is 11.0. The normalized spacial score (nSPS) is 11.5. The van der Waals surface area contributed by atoms with Gasteiger partial charge in [-0.2, -0.15) is 5.10 Å². The van der Waals surface area contributed by atoms with Crippen molar-refractivity contribution in [3.05, 3.63) is 54.0 Å². The highest BCUT2D eigenvalue weighted by atomic mass is 16.3. The lowest BCUT2D eigenvalue weighted by atomic mass is 10.2. The number of benzene rings is 1. The topological polar surface area (TPSA) is 94.4 Å². The Labute approximate surface area is 177 Å². The van der Waals surface area contributed by atoms with Crippen molar-refractivity contribution in [3.8, 4) is 11.6 Å². The van der Waals surface area contributed by atoms with Crippen LogP contribution in [-0.4, -0.2) is 53.9 Å². The minimum Gasteiger partial charge on any atom is -0.461 e.